The van der Waals surface area contributed by atoms with E-state index in [1.807, 2.05) is 0 Å². The lowest BCUT2D eigenvalue weighted by Crippen LogP contribution is -2.35. The van der Waals surface area contributed by atoms with Crippen LogP contribution < -0.4 is 0 Å². The number of nitrogens with zero attached hydrogens (tertiary/aromatic N) is 1. The van der Waals surface area contributed by atoms with Gasteiger partial charge < -0.3 is 0 Å². The Morgan fingerprint density at radius 3 is 1.79 bits per heavy atom. The van der Waals surface area contributed by atoms with E-state index in [0.717, 1.165) is 10.6 Å². The van der Waals surface area contributed by atoms with Crippen molar-refractivity contribution in [2.24, 2.45) is 0 Å². The van der Waals surface area contributed by atoms with Gasteiger partial charge in [0, 0.05) is 19.2 Å². The Hall–Kier alpha value is -0.230. The van der Waals surface area contributed by atoms with Crippen molar-refractivity contribution in [3.8, 4) is 0 Å². The quantitative estimate of drug-likeness (QED) is 0.754. The van der Waals surface area contributed by atoms with E-state index in [-0.39, 0.29) is 6.54 Å². The van der Waals surface area contributed by atoms with E-state index in [0.29, 0.717) is 5.75 Å². The number of amides is 1. The predicted molar refractivity (Wildman–Crippen MR) is 62.0 cm³/mol. The molecule has 0 aliphatic carbocycles. The van der Waals surface area contributed by atoms with Gasteiger partial charge in [0.25, 0.3) is 0 Å². The first-order valence-corrected chi connectivity index (χ1v) is 6.88. The van der Waals surface area contributed by atoms with Crippen LogP contribution in [0.15, 0.2) is 0 Å². The second kappa shape index (κ2) is 8.11. The highest BCUT2D eigenvalue weighted by atomic mass is 32.2. The standard InChI is InChI=1S/C5H11NO3S2.C3H8/c1-5(7)6(3-4-10)11(2,8)9;1-3-2/h10H,3-4H2,1-2H3;3H2,1-2H3. The number of hydrogen-bond acceptors (Lipinski definition) is 4. The van der Waals surface area contributed by atoms with E-state index in [4.69, 9.17) is 0 Å². The first kappa shape index (κ1) is 16.2. The smallest absolute Gasteiger partial charge is 0.234 e. The molecule has 0 aromatic rings. The first-order valence-electron chi connectivity index (χ1n) is 4.40. The Balaban J connectivity index is 0. The molecule has 0 aromatic carbocycles. The highest BCUT2D eigenvalue weighted by Crippen LogP contribution is 1.98. The summed E-state index contributed by atoms with van der Waals surface area (Å²) in [4.78, 5) is 10.7. The summed E-state index contributed by atoms with van der Waals surface area (Å²) in [5.41, 5.74) is 0. The minimum Gasteiger partial charge on any atom is -0.274 e. The molecule has 0 N–H and O–H groups in total. The van der Waals surface area contributed by atoms with Crippen molar-refractivity contribution in [2.75, 3.05) is 18.6 Å². The summed E-state index contributed by atoms with van der Waals surface area (Å²) in [7, 11) is -3.39. The zero-order chi connectivity index (χ0) is 11.8. The van der Waals surface area contributed by atoms with Gasteiger partial charge in [0.1, 0.15) is 0 Å². The summed E-state index contributed by atoms with van der Waals surface area (Å²) < 4.78 is 22.5. The molecule has 0 bridgehead atoms. The predicted octanol–water partition coefficient (Wildman–Crippen LogP) is 1.14. The molecule has 0 saturated heterocycles. The summed E-state index contributed by atoms with van der Waals surface area (Å²) in [5.74, 6) is -0.131. The number of carbonyl (C=O) groups is 1. The molecule has 0 atom stereocenters. The van der Waals surface area contributed by atoms with E-state index < -0.39 is 15.9 Å². The average molecular weight is 241 g/mol. The monoisotopic (exact) mass is 241 g/mol. The zero-order valence-corrected chi connectivity index (χ0v) is 10.9. The molecule has 0 saturated carbocycles. The third kappa shape index (κ3) is 8.37. The maximum absolute atomic E-state index is 10.8. The summed E-state index contributed by atoms with van der Waals surface area (Å²) in [6.07, 6.45) is 2.25. The fourth-order valence-corrected chi connectivity index (χ4v) is 1.87. The van der Waals surface area contributed by atoms with Crippen molar-refractivity contribution in [1.82, 2.24) is 4.31 Å². The molecule has 1 amide bonds. The van der Waals surface area contributed by atoms with Crippen molar-refractivity contribution in [3.05, 3.63) is 0 Å². The Morgan fingerprint density at radius 1 is 1.36 bits per heavy atom. The molecule has 0 aromatic heterocycles. The van der Waals surface area contributed by atoms with Gasteiger partial charge in [-0.3, -0.25) is 4.79 Å². The topological polar surface area (TPSA) is 54.5 Å². The van der Waals surface area contributed by atoms with Crippen LogP contribution in [0.3, 0.4) is 0 Å². The summed E-state index contributed by atoms with van der Waals surface area (Å²) in [6.45, 7) is 5.60. The van der Waals surface area contributed by atoms with Gasteiger partial charge in [-0.2, -0.15) is 12.6 Å². The Kier molecular flexibility index (Phi) is 9.39. The second-order valence-corrected chi connectivity index (χ2v) is 5.14. The average Bonchev–Trinajstić information content (AvgIpc) is 1.98. The minimum absolute atomic E-state index is 0.136. The van der Waals surface area contributed by atoms with Crippen LogP contribution in [0, 0.1) is 0 Å². The molecule has 0 fully saturated rings. The Morgan fingerprint density at radius 2 is 1.71 bits per heavy atom. The largest absolute Gasteiger partial charge is 0.274 e. The molecule has 86 valence electrons. The first-order chi connectivity index (χ1) is 6.31. The number of carbonyl (C=O) groups excluding carboxylic acids is 1. The van der Waals surface area contributed by atoms with Gasteiger partial charge in [0.05, 0.1) is 6.26 Å². The molecule has 4 nitrogen and oxygen atoms in total. The van der Waals surface area contributed by atoms with Gasteiger partial charge in [-0.05, 0) is 0 Å². The van der Waals surface area contributed by atoms with E-state index in [9.17, 15) is 13.2 Å². The number of thiol groups is 1. The third-order valence-corrected chi connectivity index (χ3v) is 2.49. The van der Waals surface area contributed by atoms with Crippen molar-refractivity contribution in [2.45, 2.75) is 27.2 Å². The van der Waals surface area contributed by atoms with Crippen LogP contribution in [0.4, 0.5) is 0 Å². The molecule has 0 unspecified atom stereocenters. The number of sulfonamides is 1. The fourth-order valence-electron chi connectivity index (χ4n) is 0.648. The maximum Gasteiger partial charge on any atom is 0.234 e. The molecular weight excluding hydrogens is 222 g/mol. The Labute approximate surface area is 92.1 Å². The lowest BCUT2D eigenvalue weighted by molar-refractivity contribution is -0.124. The van der Waals surface area contributed by atoms with Crippen molar-refractivity contribution in [3.63, 3.8) is 0 Å². The lowest BCUT2D eigenvalue weighted by atomic mass is 10.6. The molecule has 0 rings (SSSR count). The van der Waals surface area contributed by atoms with E-state index >= 15 is 0 Å². The van der Waals surface area contributed by atoms with Crippen molar-refractivity contribution in [1.29, 1.82) is 0 Å². The summed E-state index contributed by atoms with van der Waals surface area (Å²) in [6, 6.07) is 0. The van der Waals surface area contributed by atoms with Crippen molar-refractivity contribution >= 4 is 28.6 Å². The third-order valence-electron chi connectivity index (χ3n) is 1.05. The van der Waals surface area contributed by atoms with Crippen LogP contribution in [-0.2, 0) is 14.8 Å². The molecule has 14 heavy (non-hydrogen) atoms. The minimum atomic E-state index is -3.39. The van der Waals surface area contributed by atoms with E-state index in [2.05, 4.69) is 26.5 Å². The fraction of sp³-hybridized carbons (Fsp3) is 0.875. The van der Waals surface area contributed by atoms with Crippen LogP contribution in [0.5, 0.6) is 0 Å². The highest BCUT2D eigenvalue weighted by Gasteiger charge is 2.17. The molecule has 0 spiro atoms. The van der Waals surface area contributed by atoms with Gasteiger partial charge in [0.2, 0.25) is 15.9 Å². The Bertz CT molecular complexity index is 249. The van der Waals surface area contributed by atoms with Crippen LogP contribution in [-0.4, -0.2) is 37.2 Å². The highest BCUT2D eigenvalue weighted by molar-refractivity contribution is 7.89. The maximum atomic E-state index is 10.8. The van der Waals surface area contributed by atoms with Crippen LogP contribution in [0.1, 0.15) is 27.2 Å². The SMILES string of the molecule is CC(=O)N(CCS)S(C)(=O)=O.CCC. The van der Waals surface area contributed by atoms with Crippen LogP contribution in [0.2, 0.25) is 0 Å². The van der Waals surface area contributed by atoms with Gasteiger partial charge >= 0.3 is 0 Å². The number of rotatable bonds is 3. The molecule has 0 aliphatic heterocycles. The zero-order valence-electron chi connectivity index (χ0n) is 9.15. The van der Waals surface area contributed by atoms with Gasteiger partial charge in [-0.15, -0.1) is 0 Å². The van der Waals surface area contributed by atoms with Gasteiger partial charge in [0.15, 0.2) is 0 Å². The van der Waals surface area contributed by atoms with Gasteiger partial charge in [-0.25, -0.2) is 12.7 Å². The number of hydrogen-bond donors (Lipinski definition) is 1. The van der Waals surface area contributed by atoms with Crippen molar-refractivity contribution < 1.29 is 13.2 Å². The summed E-state index contributed by atoms with van der Waals surface area (Å²) >= 11 is 3.83. The van der Waals surface area contributed by atoms with E-state index in [1.165, 1.54) is 13.3 Å². The molecule has 0 aliphatic rings. The summed E-state index contributed by atoms with van der Waals surface area (Å²) in [5, 5.41) is 0. The van der Waals surface area contributed by atoms with Gasteiger partial charge in [-0.1, -0.05) is 20.3 Å². The molecule has 6 heteroatoms. The van der Waals surface area contributed by atoms with Crippen LogP contribution >= 0.6 is 12.6 Å². The lowest BCUT2D eigenvalue weighted by Gasteiger charge is -2.16. The molecule has 0 heterocycles. The second-order valence-electron chi connectivity index (χ2n) is 2.78. The normalized spacial score (nSPS) is 10.1. The molecule has 0 radical (unpaired) electrons. The molecular formula is C8H19NO3S2. The van der Waals surface area contributed by atoms with E-state index in [1.54, 1.807) is 0 Å². The van der Waals surface area contributed by atoms with Crippen LogP contribution in [0.25, 0.3) is 0 Å².